The van der Waals surface area contributed by atoms with Crippen LogP contribution in [0.2, 0.25) is 0 Å². The average molecular weight is 403 g/mol. The number of carbonyl (C=O) groups excluding carboxylic acids is 2. The van der Waals surface area contributed by atoms with Gasteiger partial charge in [-0.15, -0.1) is 0 Å². The first kappa shape index (κ1) is 20.4. The van der Waals surface area contributed by atoms with Gasteiger partial charge in [-0.1, -0.05) is 38.5 Å². The van der Waals surface area contributed by atoms with E-state index in [0.29, 0.717) is 11.7 Å². The second-order valence-corrected chi connectivity index (χ2v) is 9.04. The number of anilines is 1. The van der Waals surface area contributed by atoms with Crippen molar-refractivity contribution in [2.24, 2.45) is 5.92 Å². The third kappa shape index (κ3) is 5.59. The fourth-order valence-corrected chi connectivity index (χ4v) is 4.89. The molecule has 0 saturated heterocycles. The molecule has 3 aliphatic rings. The zero-order valence-corrected chi connectivity index (χ0v) is 17.3. The molecule has 7 nitrogen and oxygen atoms in total. The second kappa shape index (κ2) is 9.74. The van der Waals surface area contributed by atoms with Crippen molar-refractivity contribution in [1.29, 1.82) is 0 Å². The summed E-state index contributed by atoms with van der Waals surface area (Å²) in [7, 11) is 0. The van der Waals surface area contributed by atoms with Gasteiger partial charge in [0.05, 0.1) is 6.10 Å². The predicted molar refractivity (Wildman–Crippen MR) is 111 cm³/mol. The molecule has 0 atom stereocenters. The molecule has 0 aliphatic heterocycles. The van der Waals surface area contributed by atoms with E-state index >= 15 is 0 Å². The Labute approximate surface area is 172 Å². The molecule has 3 aliphatic carbocycles. The molecule has 1 aromatic rings. The maximum atomic E-state index is 12.4. The van der Waals surface area contributed by atoms with E-state index in [0.717, 1.165) is 57.1 Å². The molecule has 0 spiro atoms. The smallest absolute Gasteiger partial charge is 0.246 e. The lowest BCUT2D eigenvalue weighted by atomic mass is 9.78. The van der Waals surface area contributed by atoms with Crippen LogP contribution in [-0.2, 0) is 14.3 Å². The number of rotatable bonds is 7. The fourth-order valence-electron chi connectivity index (χ4n) is 4.89. The lowest BCUT2D eigenvalue weighted by Crippen LogP contribution is -2.45. The summed E-state index contributed by atoms with van der Waals surface area (Å²) in [4.78, 5) is 24.5. The number of aromatic amines is 1. The van der Waals surface area contributed by atoms with Crippen molar-refractivity contribution in [1.82, 2.24) is 15.5 Å². The zero-order chi connectivity index (χ0) is 20.1. The van der Waals surface area contributed by atoms with E-state index in [1.54, 1.807) is 0 Å². The van der Waals surface area contributed by atoms with E-state index in [-0.39, 0.29) is 36.5 Å². The van der Waals surface area contributed by atoms with E-state index in [4.69, 9.17) is 4.74 Å². The summed E-state index contributed by atoms with van der Waals surface area (Å²) in [6.45, 7) is 0.174. The summed E-state index contributed by atoms with van der Waals surface area (Å²) in [6.07, 6.45) is 13.4. The molecule has 0 aromatic carbocycles. The van der Waals surface area contributed by atoms with Crippen molar-refractivity contribution in [3.05, 3.63) is 11.8 Å². The van der Waals surface area contributed by atoms with Crippen molar-refractivity contribution < 1.29 is 14.3 Å². The summed E-state index contributed by atoms with van der Waals surface area (Å²) in [5.74, 6) is 1.18. The van der Waals surface area contributed by atoms with Crippen LogP contribution >= 0.6 is 0 Å². The number of hydrogen-bond donors (Lipinski definition) is 3. The quantitative estimate of drug-likeness (QED) is 0.649. The molecule has 3 N–H and O–H groups in total. The molecular formula is C22H34N4O3. The Morgan fingerprint density at radius 1 is 1.03 bits per heavy atom. The Kier molecular flexibility index (Phi) is 6.85. The lowest BCUT2D eigenvalue weighted by Gasteiger charge is -2.35. The van der Waals surface area contributed by atoms with Crippen LogP contribution in [0, 0.1) is 5.92 Å². The molecule has 4 rings (SSSR count). The third-order valence-electron chi connectivity index (χ3n) is 6.77. The van der Waals surface area contributed by atoms with Crippen molar-refractivity contribution in [2.75, 3.05) is 11.9 Å². The highest BCUT2D eigenvalue weighted by Gasteiger charge is 2.33. The Morgan fingerprint density at radius 3 is 2.45 bits per heavy atom. The summed E-state index contributed by atoms with van der Waals surface area (Å²) < 4.78 is 5.75. The van der Waals surface area contributed by atoms with Gasteiger partial charge in [0.2, 0.25) is 11.8 Å². The first-order valence-corrected chi connectivity index (χ1v) is 11.4. The van der Waals surface area contributed by atoms with E-state index in [1.165, 1.54) is 25.7 Å². The molecule has 29 heavy (non-hydrogen) atoms. The van der Waals surface area contributed by atoms with Gasteiger partial charge in [-0.3, -0.25) is 14.7 Å². The highest BCUT2D eigenvalue weighted by atomic mass is 16.5. The SMILES string of the molecule is O=C(COC1CCCCC1)NC1CC(c2cc(NC(=O)C3CCCCC3)n[nH]2)C1. The van der Waals surface area contributed by atoms with E-state index < -0.39 is 0 Å². The van der Waals surface area contributed by atoms with Gasteiger partial charge in [-0.05, 0) is 38.5 Å². The van der Waals surface area contributed by atoms with Gasteiger partial charge < -0.3 is 15.4 Å². The minimum Gasteiger partial charge on any atom is -0.368 e. The Balaban J connectivity index is 1.15. The van der Waals surface area contributed by atoms with Gasteiger partial charge in [0, 0.05) is 29.6 Å². The van der Waals surface area contributed by atoms with Crippen LogP contribution in [0.25, 0.3) is 0 Å². The number of hydrogen-bond acceptors (Lipinski definition) is 4. The standard InChI is InChI=1S/C22H34N4O3/c27-21(14-29-18-9-5-2-6-10-18)23-17-11-16(12-17)19-13-20(26-25-19)24-22(28)15-7-3-1-4-8-15/h13,15-18H,1-12,14H2,(H,23,27)(H2,24,25,26,28). The van der Waals surface area contributed by atoms with Crippen LogP contribution in [-0.4, -0.2) is 40.8 Å². The van der Waals surface area contributed by atoms with Crippen molar-refractivity contribution in [3.8, 4) is 0 Å². The maximum Gasteiger partial charge on any atom is 0.246 e. The monoisotopic (exact) mass is 402 g/mol. The molecule has 160 valence electrons. The normalized spacial score (nSPS) is 25.9. The Morgan fingerprint density at radius 2 is 1.72 bits per heavy atom. The number of amides is 2. The Bertz CT molecular complexity index is 686. The van der Waals surface area contributed by atoms with Crippen LogP contribution in [0.3, 0.4) is 0 Å². The summed E-state index contributed by atoms with van der Waals surface area (Å²) in [6, 6.07) is 2.14. The van der Waals surface area contributed by atoms with Gasteiger partial charge in [-0.2, -0.15) is 5.10 Å². The second-order valence-electron chi connectivity index (χ2n) is 9.04. The minimum atomic E-state index is -0.0101. The van der Waals surface area contributed by atoms with Crippen LogP contribution in [0.4, 0.5) is 5.82 Å². The van der Waals surface area contributed by atoms with Gasteiger partial charge in [-0.25, -0.2) is 0 Å². The molecule has 3 fully saturated rings. The largest absolute Gasteiger partial charge is 0.368 e. The number of nitrogens with one attached hydrogen (secondary N) is 3. The minimum absolute atomic E-state index is 0.0101. The Hall–Kier alpha value is -1.89. The molecule has 3 saturated carbocycles. The van der Waals surface area contributed by atoms with Crippen molar-refractivity contribution in [3.63, 3.8) is 0 Å². The number of H-pyrrole nitrogens is 1. The molecule has 1 heterocycles. The van der Waals surface area contributed by atoms with E-state index in [2.05, 4.69) is 20.8 Å². The van der Waals surface area contributed by atoms with Crippen LogP contribution in [0.5, 0.6) is 0 Å². The topological polar surface area (TPSA) is 96.1 Å². The third-order valence-corrected chi connectivity index (χ3v) is 6.77. The van der Waals surface area contributed by atoms with Crippen LogP contribution in [0.15, 0.2) is 6.07 Å². The molecule has 0 unspecified atom stereocenters. The average Bonchev–Trinajstić information content (AvgIpc) is 3.18. The predicted octanol–water partition coefficient (Wildman–Crippen LogP) is 3.64. The lowest BCUT2D eigenvalue weighted by molar-refractivity contribution is -0.129. The van der Waals surface area contributed by atoms with Crippen LogP contribution < -0.4 is 10.6 Å². The fraction of sp³-hybridized carbons (Fsp3) is 0.773. The highest BCUT2D eigenvalue weighted by molar-refractivity contribution is 5.91. The first-order chi connectivity index (χ1) is 14.2. The van der Waals surface area contributed by atoms with Gasteiger partial charge in [0.1, 0.15) is 6.61 Å². The number of carbonyl (C=O) groups is 2. The molecular weight excluding hydrogens is 368 g/mol. The number of nitrogens with zero attached hydrogens (tertiary/aromatic N) is 1. The van der Waals surface area contributed by atoms with Crippen molar-refractivity contribution in [2.45, 2.75) is 95.1 Å². The molecule has 0 radical (unpaired) electrons. The highest BCUT2D eigenvalue weighted by Crippen LogP contribution is 2.36. The van der Waals surface area contributed by atoms with E-state index in [9.17, 15) is 9.59 Å². The summed E-state index contributed by atoms with van der Waals surface area (Å²) >= 11 is 0. The molecule has 7 heteroatoms. The van der Waals surface area contributed by atoms with Gasteiger partial charge in [0.25, 0.3) is 0 Å². The van der Waals surface area contributed by atoms with Gasteiger partial charge in [0.15, 0.2) is 5.82 Å². The summed E-state index contributed by atoms with van der Waals surface area (Å²) in [5, 5.41) is 13.3. The molecule has 0 bridgehead atoms. The van der Waals surface area contributed by atoms with Crippen molar-refractivity contribution >= 4 is 17.6 Å². The maximum absolute atomic E-state index is 12.4. The van der Waals surface area contributed by atoms with Gasteiger partial charge >= 0.3 is 0 Å². The molecule has 2 amide bonds. The summed E-state index contributed by atoms with van der Waals surface area (Å²) in [5.41, 5.74) is 1.04. The zero-order valence-electron chi connectivity index (χ0n) is 17.3. The molecule has 1 aromatic heterocycles. The van der Waals surface area contributed by atoms with E-state index in [1.807, 2.05) is 6.07 Å². The number of ether oxygens (including phenoxy) is 1. The van der Waals surface area contributed by atoms with Crippen LogP contribution in [0.1, 0.15) is 88.7 Å². The first-order valence-electron chi connectivity index (χ1n) is 11.4. The number of aromatic nitrogens is 2.